The van der Waals surface area contributed by atoms with Crippen LogP contribution in [0.3, 0.4) is 0 Å². The third kappa shape index (κ3) is 1.43. The van der Waals surface area contributed by atoms with Crippen molar-refractivity contribution in [2.24, 2.45) is 0 Å². The average molecular weight is 187 g/mol. The van der Waals surface area contributed by atoms with Crippen molar-refractivity contribution in [2.45, 2.75) is 32.6 Å². The largest absolute Gasteiger partial charge is 0.358 e. The molecule has 1 aromatic carbocycles. The van der Waals surface area contributed by atoms with Crippen LogP contribution in [0, 0.1) is 0 Å². The molecule has 0 aliphatic heterocycles. The van der Waals surface area contributed by atoms with E-state index in [-0.39, 0.29) is 5.41 Å². The smallest absolute Gasteiger partial charge is 0.0456 e. The molecule has 1 heteroatoms. The molecule has 0 radical (unpaired) electrons. The second-order valence-corrected chi connectivity index (χ2v) is 4.51. The van der Waals surface area contributed by atoms with E-state index in [0.29, 0.717) is 0 Å². The first-order valence-electron chi connectivity index (χ1n) is 5.22. The molecule has 0 fully saturated rings. The highest BCUT2D eigenvalue weighted by Gasteiger charge is 2.19. The van der Waals surface area contributed by atoms with Crippen molar-refractivity contribution >= 4 is 10.9 Å². The summed E-state index contributed by atoms with van der Waals surface area (Å²) in [5.41, 5.74) is 2.82. The fraction of sp³-hybridized carbons (Fsp3) is 0.385. The molecule has 0 atom stereocenters. The minimum absolute atomic E-state index is 0.249. The van der Waals surface area contributed by atoms with Crippen LogP contribution in [0.25, 0.3) is 10.9 Å². The number of H-pyrrole nitrogens is 1. The van der Waals surface area contributed by atoms with Crippen molar-refractivity contribution in [3.63, 3.8) is 0 Å². The van der Waals surface area contributed by atoms with Gasteiger partial charge in [-0.05, 0) is 23.9 Å². The van der Waals surface area contributed by atoms with Gasteiger partial charge in [-0.25, -0.2) is 0 Å². The fourth-order valence-corrected chi connectivity index (χ4v) is 1.63. The van der Waals surface area contributed by atoms with Crippen molar-refractivity contribution in [1.82, 2.24) is 4.98 Å². The Balaban J connectivity index is 2.55. The molecule has 14 heavy (non-hydrogen) atoms. The Labute approximate surface area is 85.1 Å². The van der Waals surface area contributed by atoms with E-state index in [2.05, 4.69) is 56.1 Å². The second kappa shape index (κ2) is 3.16. The van der Waals surface area contributed by atoms with E-state index < -0.39 is 0 Å². The van der Waals surface area contributed by atoms with Crippen LogP contribution in [0.15, 0.2) is 30.3 Å². The van der Waals surface area contributed by atoms with Gasteiger partial charge in [0.1, 0.15) is 0 Å². The molecule has 2 aromatic rings. The summed E-state index contributed by atoms with van der Waals surface area (Å²) < 4.78 is 0. The summed E-state index contributed by atoms with van der Waals surface area (Å²) in [6.07, 6.45) is 1.15. The van der Waals surface area contributed by atoms with E-state index >= 15 is 0 Å². The summed E-state index contributed by atoms with van der Waals surface area (Å²) in [5, 5.41) is 1.31. The normalized spacial score (nSPS) is 12.2. The Morgan fingerprint density at radius 1 is 1.21 bits per heavy atom. The van der Waals surface area contributed by atoms with Crippen LogP contribution < -0.4 is 0 Å². The van der Waals surface area contributed by atoms with E-state index in [1.807, 2.05) is 0 Å². The molecule has 0 spiro atoms. The minimum atomic E-state index is 0.249. The number of nitrogens with one attached hydrogen (secondary N) is 1. The standard InChI is InChI=1S/C13H17N/c1-4-13(2,3)12-9-10-7-5-6-8-11(10)14-12/h5-9,14H,4H2,1-3H3. The van der Waals surface area contributed by atoms with Gasteiger partial charge in [0, 0.05) is 16.6 Å². The molecule has 1 nitrogen and oxygen atoms in total. The van der Waals surface area contributed by atoms with Gasteiger partial charge < -0.3 is 4.98 Å². The molecule has 0 bridgehead atoms. The third-order valence-electron chi connectivity index (χ3n) is 3.14. The maximum atomic E-state index is 3.49. The lowest BCUT2D eigenvalue weighted by Gasteiger charge is -2.20. The lowest BCUT2D eigenvalue weighted by molar-refractivity contribution is 0.494. The molecule has 0 unspecified atom stereocenters. The highest BCUT2D eigenvalue weighted by molar-refractivity contribution is 5.80. The Bertz CT molecular complexity index is 404. The Hall–Kier alpha value is -1.24. The number of fused-ring (bicyclic) bond motifs is 1. The molecule has 0 saturated carbocycles. The lowest BCUT2D eigenvalue weighted by Crippen LogP contribution is -2.15. The molecule has 2 rings (SSSR count). The number of hydrogen-bond acceptors (Lipinski definition) is 0. The van der Waals surface area contributed by atoms with Crippen LogP contribution in [-0.2, 0) is 5.41 Å². The van der Waals surface area contributed by atoms with E-state index in [4.69, 9.17) is 0 Å². The molecule has 0 amide bonds. The predicted octanol–water partition coefficient (Wildman–Crippen LogP) is 3.86. The summed E-state index contributed by atoms with van der Waals surface area (Å²) >= 11 is 0. The van der Waals surface area contributed by atoms with Gasteiger partial charge >= 0.3 is 0 Å². The van der Waals surface area contributed by atoms with Gasteiger partial charge in [-0.3, -0.25) is 0 Å². The molecule has 1 heterocycles. The number of para-hydroxylation sites is 1. The Kier molecular flexibility index (Phi) is 2.10. The summed E-state index contributed by atoms with van der Waals surface area (Å²) in [6, 6.07) is 10.7. The van der Waals surface area contributed by atoms with Gasteiger partial charge in [0.15, 0.2) is 0 Å². The van der Waals surface area contributed by atoms with Crippen molar-refractivity contribution in [2.75, 3.05) is 0 Å². The van der Waals surface area contributed by atoms with Crippen molar-refractivity contribution in [3.05, 3.63) is 36.0 Å². The summed E-state index contributed by atoms with van der Waals surface area (Å²) in [7, 11) is 0. The maximum Gasteiger partial charge on any atom is 0.0456 e. The number of rotatable bonds is 2. The first-order chi connectivity index (χ1) is 6.63. The molecule has 74 valence electrons. The zero-order valence-corrected chi connectivity index (χ0v) is 9.09. The topological polar surface area (TPSA) is 15.8 Å². The Morgan fingerprint density at radius 3 is 2.57 bits per heavy atom. The van der Waals surface area contributed by atoms with Crippen LogP contribution in [-0.4, -0.2) is 4.98 Å². The zero-order chi connectivity index (χ0) is 10.2. The molecule has 0 aliphatic rings. The molecule has 0 aliphatic carbocycles. The van der Waals surface area contributed by atoms with E-state index in [1.54, 1.807) is 0 Å². The lowest BCUT2D eigenvalue weighted by atomic mass is 9.87. The first kappa shape index (κ1) is 9.32. The number of benzene rings is 1. The summed E-state index contributed by atoms with van der Waals surface area (Å²) in [4.78, 5) is 3.49. The van der Waals surface area contributed by atoms with Crippen molar-refractivity contribution in [3.8, 4) is 0 Å². The summed E-state index contributed by atoms with van der Waals surface area (Å²) in [5.74, 6) is 0. The first-order valence-corrected chi connectivity index (χ1v) is 5.22. The monoisotopic (exact) mass is 187 g/mol. The SMILES string of the molecule is CCC(C)(C)c1cc2ccccc2[nH]1. The number of aromatic nitrogens is 1. The van der Waals surface area contributed by atoms with Gasteiger partial charge in [0.2, 0.25) is 0 Å². The van der Waals surface area contributed by atoms with E-state index in [0.717, 1.165) is 6.42 Å². The number of aromatic amines is 1. The van der Waals surface area contributed by atoms with Gasteiger partial charge in [-0.15, -0.1) is 0 Å². The number of hydrogen-bond donors (Lipinski definition) is 1. The van der Waals surface area contributed by atoms with Crippen LogP contribution in [0.2, 0.25) is 0 Å². The highest BCUT2D eigenvalue weighted by Crippen LogP contribution is 2.28. The van der Waals surface area contributed by atoms with Gasteiger partial charge in [0.25, 0.3) is 0 Å². The maximum absolute atomic E-state index is 3.49. The van der Waals surface area contributed by atoms with Crippen LogP contribution in [0.5, 0.6) is 0 Å². The van der Waals surface area contributed by atoms with E-state index in [1.165, 1.54) is 16.6 Å². The quantitative estimate of drug-likeness (QED) is 0.735. The third-order valence-corrected chi connectivity index (χ3v) is 3.14. The van der Waals surface area contributed by atoms with Gasteiger partial charge in [-0.1, -0.05) is 39.0 Å². The van der Waals surface area contributed by atoms with E-state index in [9.17, 15) is 0 Å². The van der Waals surface area contributed by atoms with Crippen LogP contribution in [0.1, 0.15) is 32.9 Å². The second-order valence-electron chi connectivity index (χ2n) is 4.51. The highest BCUT2D eigenvalue weighted by atomic mass is 14.7. The average Bonchev–Trinajstić information content (AvgIpc) is 2.61. The van der Waals surface area contributed by atoms with Crippen LogP contribution in [0.4, 0.5) is 0 Å². The summed E-state index contributed by atoms with van der Waals surface area (Å²) in [6.45, 7) is 6.78. The zero-order valence-electron chi connectivity index (χ0n) is 9.09. The molecular formula is C13H17N. The van der Waals surface area contributed by atoms with Gasteiger partial charge in [0.05, 0.1) is 0 Å². The fourth-order valence-electron chi connectivity index (χ4n) is 1.63. The predicted molar refractivity (Wildman–Crippen MR) is 61.6 cm³/mol. The van der Waals surface area contributed by atoms with Crippen molar-refractivity contribution < 1.29 is 0 Å². The molecule has 1 N–H and O–H groups in total. The Morgan fingerprint density at radius 2 is 1.93 bits per heavy atom. The minimum Gasteiger partial charge on any atom is -0.358 e. The van der Waals surface area contributed by atoms with Crippen molar-refractivity contribution in [1.29, 1.82) is 0 Å². The molecule has 1 aromatic heterocycles. The molecule has 0 saturated heterocycles. The van der Waals surface area contributed by atoms with Crippen LogP contribution >= 0.6 is 0 Å². The van der Waals surface area contributed by atoms with Gasteiger partial charge in [-0.2, -0.15) is 0 Å². The molecular weight excluding hydrogens is 170 g/mol.